The fourth-order valence-electron chi connectivity index (χ4n) is 4.25. The van der Waals surface area contributed by atoms with Crippen molar-refractivity contribution in [3.8, 4) is 0 Å². The second-order valence-electron chi connectivity index (χ2n) is 8.03. The van der Waals surface area contributed by atoms with Gasteiger partial charge in [-0.3, -0.25) is 4.40 Å². The Hall–Kier alpha value is -3.55. The van der Waals surface area contributed by atoms with Gasteiger partial charge >= 0.3 is 6.09 Å². The van der Waals surface area contributed by atoms with Crippen LogP contribution in [0.5, 0.6) is 0 Å². The van der Waals surface area contributed by atoms with Crippen molar-refractivity contribution in [1.29, 1.82) is 0 Å². The molecule has 1 fully saturated rings. The topological polar surface area (TPSA) is 87.7 Å². The van der Waals surface area contributed by atoms with Gasteiger partial charge in [-0.1, -0.05) is 30.3 Å². The lowest BCUT2D eigenvalue weighted by atomic mass is 10.0. The van der Waals surface area contributed by atoms with Crippen molar-refractivity contribution in [1.82, 2.24) is 24.1 Å². The third-order valence-electron chi connectivity index (χ3n) is 5.90. The molecule has 8 heteroatoms. The van der Waals surface area contributed by atoms with E-state index in [4.69, 9.17) is 5.11 Å². The number of carbonyl (C=O) groups is 1. The molecule has 1 aliphatic heterocycles. The molecule has 1 saturated heterocycles. The second-order valence-corrected chi connectivity index (χ2v) is 8.03. The molecule has 3 aromatic heterocycles. The van der Waals surface area contributed by atoms with Crippen LogP contribution >= 0.6 is 0 Å². The molecule has 4 aromatic rings. The number of anilines is 1. The van der Waals surface area contributed by atoms with E-state index in [-0.39, 0.29) is 0 Å². The summed E-state index contributed by atoms with van der Waals surface area (Å²) in [6.45, 7) is 6.71. The second kappa shape index (κ2) is 7.05. The van der Waals surface area contributed by atoms with E-state index in [0.717, 1.165) is 34.7 Å². The van der Waals surface area contributed by atoms with E-state index in [0.29, 0.717) is 25.6 Å². The molecule has 5 rings (SSSR count). The highest BCUT2D eigenvalue weighted by atomic mass is 16.4. The molecule has 154 valence electrons. The molecule has 0 unspecified atom stereocenters. The maximum atomic E-state index is 11.0. The minimum absolute atomic E-state index is 0.304. The Bertz CT molecular complexity index is 1240. The van der Waals surface area contributed by atoms with Crippen LogP contribution in [-0.4, -0.2) is 54.9 Å². The number of fused-ring (bicyclic) bond motifs is 3. The molecule has 8 nitrogen and oxygen atoms in total. The molecule has 30 heavy (non-hydrogen) atoms. The van der Waals surface area contributed by atoms with Gasteiger partial charge in [0.2, 0.25) is 0 Å². The number of nitrogens with one attached hydrogen (secondary N) is 1. The van der Waals surface area contributed by atoms with Gasteiger partial charge in [0.25, 0.3) is 0 Å². The zero-order valence-electron chi connectivity index (χ0n) is 17.0. The van der Waals surface area contributed by atoms with Crippen LogP contribution in [0.3, 0.4) is 0 Å². The first-order chi connectivity index (χ1) is 14.5. The third kappa shape index (κ3) is 3.04. The summed E-state index contributed by atoms with van der Waals surface area (Å²) in [6.07, 6.45) is -0.850. The van der Waals surface area contributed by atoms with Crippen LogP contribution < -0.4 is 5.32 Å². The van der Waals surface area contributed by atoms with Gasteiger partial charge in [-0.15, -0.1) is 10.2 Å². The Kier molecular flexibility index (Phi) is 4.34. The quantitative estimate of drug-likeness (QED) is 0.533. The first-order valence-electron chi connectivity index (χ1n) is 10.1. The Labute approximate surface area is 173 Å². The molecule has 0 atom stereocenters. The summed E-state index contributed by atoms with van der Waals surface area (Å²) in [5.41, 5.74) is 6.35. The number of benzene rings is 1. The minimum atomic E-state index is -0.850. The standard InChI is InChI=1S/C22H24N6O2/c1-14-8-20-19(27(14)13-16-6-4-3-5-7-16)9-18(21-25-24-15(2)28(20)21)23-10-17-11-26(12-17)22(29)30/h3-9,17,23H,10-13H2,1-2H3,(H,29,30). The number of rotatable bonds is 5. The van der Waals surface area contributed by atoms with Crippen molar-refractivity contribution in [2.24, 2.45) is 5.92 Å². The van der Waals surface area contributed by atoms with Crippen molar-refractivity contribution >= 4 is 28.5 Å². The number of pyridine rings is 1. The Balaban J connectivity index is 1.52. The Morgan fingerprint density at radius 2 is 1.90 bits per heavy atom. The van der Waals surface area contributed by atoms with Gasteiger partial charge in [0.1, 0.15) is 5.82 Å². The molecule has 0 saturated carbocycles. The van der Waals surface area contributed by atoms with Crippen LogP contribution in [0.4, 0.5) is 10.5 Å². The summed E-state index contributed by atoms with van der Waals surface area (Å²) in [5.74, 6) is 1.15. The number of aromatic nitrogens is 4. The summed E-state index contributed by atoms with van der Waals surface area (Å²) in [6, 6.07) is 14.7. The van der Waals surface area contributed by atoms with Crippen LogP contribution in [0.25, 0.3) is 16.7 Å². The van der Waals surface area contributed by atoms with Crippen LogP contribution in [0.2, 0.25) is 0 Å². The maximum absolute atomic E-state index is 11.0. The zero-order chi connectivity index (χ0) is 20.8. The normalized spacial score (nSPS) is 14.4. The number of amides is 1. The van der Waals surface area contributed by atoms with Crippen LogP contribution in [0.15, 0.2) is 42.5 Å². The largest absolute Gasteiger partial charge is 0.465 e. The number of hydrogen-bond donors (Lipinski definition) is 2. The van der Waals surface area contributed by atoms with Crippen LogP contribution in [0, 0.1) is 19.8 Å². The predicted molar refractivity (Wildman–Crippen MR) is 115 cm³/mol. The van der Waals surface area contributed by atoms with Gasteiger partial charge in [-0.05, 0) is 31.5 Å². The van der Waals surface area contributed by atoms with E-state index in [1.807, 2.05) is 13.0 Å². The molecule has 1 aromatic carbocycles. The molecule has 1 amide bonds. The van der Waals surface area contributed by atoms with Crippen LogP contribution in [0.1, 0.15) is 17.1 Å². The molecule has 0 bridgehead atoms. The lowest BCUT2D eigenvalue weighted by Gasteiger charge is -2.37. The minimum Gasteiger partial charge on any atom is -0.465 e. The highest BCUT2D eigenvalue weighted by molar-refractivity contribution is 5.88. The average Bonchev–Trinajstić information content (AvgIpc) is 3.22. The molecule has 2 N–H and O–H groups in total. The van der Waals surface area contributed by atoms with Crippen molar-refractivity contribution in [3.05, 3.63) is 59.5 Å². The summed E-state index contributed by atoms with van der Waals surface area (Å²) in [7, 11) is 0. The first kappa shape index (κ1) is 18.5. The fourth-order valence-corrected chi connectivity index (χ4v) is 4.25. The number of aryl methyl sites for hydroxylation is 2. The van der Waals surface area contributed by atoms with Gasteiger partial charge in [-0.25, -0.2) is 4.79 Å². The number of likely N-dealkylation sites (tertiary alicyclic amines) is 1. The van der Waals surface area contributed by atoms with E-state index in [1.54, 1.807) is 0 Å². The highest BCUT2D eigenvalue weighted by Gasteiger charge is 2.30. The van der Waals surface area contributed by atoms with E-state index < -0.39 is 6.09 Å². The van der Waals surface area contributed by atoms with E-state index in [2.05, 4.69) is 67.8 Å². The Morgan fingerprint density at radius 1 is 1.13 bits per heavy atom. The zero-order valence-corrected chi connectivity index (χ0v) is 17.0. The van der Waals surface area contributed by atoms with Crippen LogP contribution in [-0.2, 0) is 6.54 Å². The van der Waals surface area contributed by atoms with Gasteiger partial charge in [-0.2, -0.15) is 0 Å². The Morgan fingerprint density at radius 3 is 2.63 bits per heavy atom. The molecule has 4 heterocycles. The van der Waals surface area contributed by atoms with Crippen molar-refractivity contribution < 1.29 is 9.90 Å². The lowest BCUT2D eigenvalue weighted by Crippen LogP contribution is -2.51. The summed E-state index contributed by atoms with van der Waals surface area (Å²) < 4.78 is 4.40. The summed E-state index contributed by atoms with van der Waals surface area (Å²) >= 11 is 0. The predicted octanol–water partition coefficient (Wildman–Crippen LogP) is 3.37. The van der Waals surface area contributed by atoms with E-state index >= 15 is 0 Å². The molecule has 1 aliphatic rings. The highest BCUT2D eigenvalue weighted by Crippen LogP contribution is 2.29. The van der Waals surface area contributed by atoms with Gasteiger partial charge in [0, 0.05) is 37.8 Å². The van der Waals surface area contributed by atoms with E-state index in [9.17, 15) is 4.79 Å². The maximum Gasteiger partial charge on any atom is 0.407 e. The summed E-state index contributed by atoms with van der Waals surface area (Å²) in [4.78, 5) is 12.4. The third-order valence-corrected chi connectivity index (χ3v) is 5.90. The first-order valence-corrected chi connectivity index (χ1v) is 10.1. The van der Waals surface area contributed by atoms with E-state index in [1.165, 1.54) is 16.2 Å². The number of nitrogens with zero attached hydrogens (tertiary/aromatic N) is 5. The monoisotopic (exact) mass is 404 g/mol. The fraction of sp³-hybridized carbons (Fsp3) is 0.318. The van der Waals surface area contributed by atoms with Gasteiger partial charge < -0.3 is 19.9 Å². The molecular weight excluding hydrogens is 380 g/mol. The molecular formula is C22H24N6O2. The number of hydrogen-bond acceptors (Lipinski definition) is 4. The van der Waals surface area contributed by atoms with Gasteiger partial charge in [0.15, 0.2) is 5.65 Å². The molecule has 0 radical (unpaired) electrons. The lowest BCUT2D eigenvalue weighted by molar-refractivity contribution is 0.0864. The number of carboxylic acid groups (broad SMARTS) is 1. The molecule has 0 aliphatic carbocycles. The smallest absolute Gasteiger partial charge is 0.407 e. The van der Waals surface area contributed by atoms with Crippen molar-refractivity contribution in [3.63, 3.8) is 0 Å². The van der Waals surface area contributed by atoms with Crippen molar-refractivity contribution in [2.75, 3.05) is 25.0 Å². The van der Waals surface area contributed by atoms with Gasteiger partial charge in [0.05, 0.1) is 16.7 Å². The average molecular weight is 404 g/mol. The SMILES string of the molecule is Cc1cc2c(cc(NCC3CN(C(=O)O)C3)c3nnc(C)n32)n1Cc1ccccc1. The van der Waals surface area contributed by atoms with Crippen molar-refractivity contribution in [2.45, 2.75) is 20.4 Å². The summed E-state index contributed by atoms with van der Waals surface area (Å²) in [5, 5.41) is 21.2. The molecule has 0 spiro atoms.